The quantitative estimate of drug-likeness (QED) is 0.335. The minimum atomic E-state index is -1.61. The summed E-state index contributed by atoms with van der Waals surface area (Å²) in [5, 5.41) is 29.9. The van der Waals surface area contributed by atoms with Crippen LogP contribution in [0.3, 0.4) is 0 Å². The molecule has 4 heterocycles. The first-order chi connectivity index (χ1) is 20.8. The number of Topliss-reactive ketones (excluding diaryl/α,β-unsaturated/α-hetero) is 1. The normalized spacial score (nSPS) is 28.1. The predicted octanol–water partition coefficient (Wildman–Crippen LogP) is 0.992. The number of nitrogens with zero attached hydrogens (tertiary/aromatic N) is 1. The van der Waals surface area contributed by atoms with Gasteiger partial charge in [-0.15, -0.1) is 0 Å². The van der Waals surface area contributed by atoms with E-state index in [1.807, 2.05) is 20.8 Å². The van der Waals surface area contributed by atoms with E-state index in [9.17, 15) is 34.2 Å². The summed E-state index contributed by atoms with van der Waals surface area (Å²) in [4.78, 5) is 70.7. The molecule has 0 saturated carbocycles. The molecule has 2 amide bonds. The summed E-state index contributed by atoms with van der Waals surface area (Å²) in [6, 6.07) is -0.621. The molecule has 5 rings (SSSR count). The molecule has 1 aromatic rings. The number of amides is 2. The predicted molar refractivity (Wildman–Crippen MR) is 158 cm³/mol. The van der Waals surface area contributed by atoms with Crippen LogP contribution in [-0.2, 0) is 25.6 Å². The number of carboxylic acids is 2. The van der Waals surface area contributed by atoms with Gasteiger partial charge in [-0.2, -0.15) is 0 Å². The maximum Gasteiger partial charge on any atom is 0.251 e. The fraction of sp³-hybridized carbons (Fsp3) is 0.455. The number of aromatic nitrogens is 1. The van der Waals surface area contributed by atoms with E-state index < -0.39 is 29.6 Å². The number of nitrogens with one attached hydrogen (secondary N) is 3. The van der Waals surface area contributed by atoms with Crippen molar-refractivity contribution in [3.8, 4) is 0 Å². The minimum Gasteiger partial charge on any atom is -0.550 e. The monoisotopic (exact) mass is 600 g/mol. The molecule has 44 heavy (non-hydrogen) atoms. The van der Waals surface area contributed by atoms with Crippen molar-refractivity contribution in [1.29, 1.82) is 0 Å². The highest BCUT2D eigenvalue weighted by Crippen LogP contribution is 2.48. The topological polar surface area (TPSA) is 184 Å². The van der Waals surface area contributed by atoms with E-state index in [4.69, 9.17) is 4.99 Å². The largest absolute Gasteiger partial charge is 0.550 e. The first kappa shape index (κ1) is 30.9. The number of aliphatic imine (C=N–C) groups is 1. The number of aliphatic carboxylic acids is 2. The second kappa shape index (κ2) is 11.5. The molecule has 4 aliphatic rings. The Morgan fingerprint density at radius 3 is 2.30 bits per heavy atom. The third kappa shape index (κ3) is 4.93. The van der Waals surface area contributed by atoms with Crippen LogP contribution < -0.4 is 20.8 Å². The van der Waals surface area contributed by atoms with Crippen molar-refractivity contribution in [3.05, 3.63) is 63.2 Å². The first-order valence-electron chi connectivity index (χ1n) is 14.9. The van der Waals surface area contributed by atoms with Gasteiger partial charge >= 0.3 is 0 Å². The zero-order valence-electron chi connectivity index (χ0n) is 25.5. The van der Waals surface area contributed by atoms with E-state index in [2.05, 4.69) is 22.2 Å². The lowest BCUT2D eigenvalue weighted by Gasteiger charge is -2.22. The zero-order valence-corrected chi connectivity index (χ0v) is 25.5. The van der Waals surface area contributed by atoms with Gasteiger partial charge in [-0.25, -0.2) is 0 Å². The number of hydrogen-bond acceptors (Lipinski definition) is 8. The molecular formula is C33H36N4O7-2. The van der Waals surface area contributed by atoms with Gasteiger partial charge in [0.25, 0.3) is 5.91 Å². The van der Waals surface area contributed by atoms with Crippen molar-refractivity contribution in [2.24, 2.45) is 22.7 Å². The van der Waals surface area contributed by atoms with Crippen molar-refractivity contribution >= 4 is 40.8 Å². The summed E-state index contributed by atoms with van der Waals surface area (Å²) >= 11 is 0. The molecule has 0 spiro atoms. The average Bonchev–Trinajstić information content (AvgIpc) is 3.68. The maximum atomic E-state index is 13.7. The van der Waals surface area contributed by atoms with Crippen LogP contribution in [0, 0.1) is 24.7 Å². The highest BCUT2D eigenvalue weighted by Gasteiger charge is 2.46. The lowest BCUT2D eigenvalue weighted by Crippen LogP contribution is -2.35. The number of ketones is 1. The molecule has 2 unspecified atom stereocenters. The Balaban J connectivity index is 1.62. The van der Waals surface area contributed by atoms with Crippen molar-refractivity contribution in [1.82, 2.24) is 15.6 Å². The third-order valence-electron chi connectivity index (χ3n) is 9.79. The second-order valence-corrected chi connectivity index (χ2v) is 12.1. The summed E-state index contributed by atoms with van der Waals surface area (Å²) in [6.45, 7) is 12.9. The summed E-state index contributed by atoms with van der Waals surface area (Å²) in [5.41, 5.74) is 5.97. The van der Waals surface area contributed by atoms with Gasteiger partial charge in [-0.3, -0.25) is 19.4 Å². The van der Waals surface area contributed by atoms with Gasteiger partial charge < -0.3 is 35.4 Å². The Labute approximate surface area is 255 Å². The molecule has 3 N–H and O–H groups in total. The van der Waals surface area contributed by atoms with Crippen LogP contribution in [-0.4, -0.2) is 52.3 Å². The number of carbonyl (C=O) groups is 5. The first-order valence-corrected chi connectivity index (χ1v) is 14.9. The Morgan fingerprint density at radius 2 is 1.70 bits per heavy atom. The number of carbonyl (C=O) groups excluding carboxylic acids is 5. The van der Waals surface area contributed by atoms with Gasteiger partial charge in [0.1, 0.15) is 0 Å². The molecule has 0 bridgehead atoms. The molecule has 1 aromatic heterocycles. The summed E-state index contributed by atoms with van der Waals surface area (Å²) in [6.07, 6.45) is 2.72. The molecular weight excluding hydrogens is 564 g/mol. The zero-order chi connectivity index (χ0) is 32.2. The minimum absolute atomic E-state index is 0.118. The van der Waals surface area contributed by atoms with Crippen LogP contribution in [0.2, 0.25) is 0 Å². The fourth-order valence-corrected chi connectivity index (χ4v) is 7.27. The van der Waals surface area contributed by atoms with Crippen molar-refractivity contribution in [3.63, 3.8) is 0 Å². The van der Waals surface area contributed by atoms with Crippen LogP contribution >= 0.6 is 0 Å². The molecule has 3 aliphatic heterocycles. The van der Waals surface area contributed by atoms with Gasteiger partial charge in [-0.1, -0.05) is 26.5 Å². The third-order valence-corrected chi connectivity index (χ3v) is 9.79. The molecule has 5 atom stereocenters. The second-order valence-electron chi connectivity index (χ2n) is 12.1. The van der Waals surface area contributed by atoms with Crippen molar-refractivity contribution < 1.29 is 34.2 Å². The highest BCUT2D eigenvalue weighted by molar-refractivity contribution is 6.24. The van der Waals surface area contributed by atoms with Crippen molar-refractivity contribution in [2.75, 3.05) is 0 Å². The number of H-pyrrole nitrogens is 1. The summed E-state index contributed by atoms with van der Waals surface area (Å²) in [7, 11) is 0. The van der Waals surface area contributed by atoms with Crippen LogP contribution in [0.1, 0.15) is 80.7 Å². The molecule has 11 heteroatoms. The number of carboxylic acid groups (broad SMARTS) is 2. The molecule has 0 fully saturated rings. The number of allylic oxidation sites excluding steroid dienone is 1. The smallest absolute Gasteiger partial charge is 0.251 e. The number of hydrogen-bond donors (Lipinski definition) is 3. The van der Waals surface area contributed by atoms with Crippen LogP contribution in [0.5, 0.6) is 0 Å². The lowest BCUT2D eigenvalue weighted by molar-refractivity contribution is -0.308. The molecule has 11 nitrogen and oxygen atoms in total. The van der Waals surface area contributed by atoms with E-state index >= 15 is 0 Å². The Morgan fingerprint density at radius 1 is 1.02 bits per heavy atom. The molecule has 1 aliphatic carbocycles. The number of fused-ring (bicyclic) bond motifs is 1. The van der Waals surface area contributed by atoms with Gasteiger partial charge in [0.05, 0.1) is 35.4 Å². The standard InChI is InChI=1S/C33H38N4O7/c1-7-17-15(5)31(41)37-23(17)12-22-16(6)25-29(35-22)26(27(30(25)40)33(43)44)28-19(9-10-24(38)39)14(4)20(34-28)11-21-13(3)18(8-2)32(42)36-21/h8,14,19,21,23,27,35H,2,7,9-12H2,1,3-6H3,(H,36,42)(H,37,41)(H,38,39)(H,43,44)/p-2/b28-26-/t14-,19-,21?,23?,27+/m0/s1. The lowest BCUT2D eigenvalue weighted by atomic mass is 9.82. The van der Waals surface area contributed by atoms with Crippen LogP contribution in [0.25, 0.3) is 5.57 Å². The molecule has 0 saturated heterocycles. The number of rotatable bonds is 10. The van der Waals surface area contributed by atoms with Gasteiger partial charge in [0.15, 0.2) is 5.78 Å². The van der Waals surface area contributed by atoms with E-state index in [1.54, 1.807) is 13.8 Å². The van der Waals surface area contributed by atoms with Gasteiger partial charge in [0, 0.05) is 64.3 Å². The Hall–Kier alpha value is -4.54. The SMILES string of the molecule is C=CC1=C(C)C(CC2=N/C(=C3\c4[nH]c(CC5NC(=O)C(C)=C5CC)c(C)c4C(=O)[C@@H]3C(=O)[O-])[C@@H](CCC(=O)[O-])[C@@H]2C)NC1=O. The fourth-order valence-electron chi connectivity index (χ4n) is 7.27. The molecule has 0 aromatic carbocycles. The van der Waals surface area contributed by atoms with Crippen LogP contribution in [0.15, 0.2) is 45.6 Å². The van der Waals surface area contributed by atoms with Gasteiger partial charge in [-0.05, 0) is 56.7 Å². The average molecular weight is 601 g/mol. The number of aromatic amines is 1. The Bertz CT molecular complexity index is 1650. The van der Waals surface area contributed by atoms with E-state index in [1.165, 1.54) is 6.08 Å². The van der Waals surface area contributed by atoms with E-state index in [0.29, 0.717) is 58.8 Å². The van der Waals surface area contributed by atoms with E-state index in [0.717, 1.165) is 11.1 Å². The maximum absolute atomic E-state index is 13.7. The van der Waals surface area contributed by atoms with Crippen molar-refractivity contribution in [2.45, 2.75) is 78.8 Å². The Kier molecular flexibility index (Phi) is 8.09. The summed E-state index contributed by atoms with van der Waals surface area (Å²) in [5.74, 6) is -6.25. The van der Waals surface area contributed by atoms with Crippen LogP contribution in [0.4, 0.5) is 0 Å². The molecule has 232 valence electrons. The summed E-state index contributed by atoms with van der Waals surface area (Å²) < 4.78 is 0. The molecule has 0 radical (unpaired) electrons. The van der Waals surface area contributed by atoms with Gasteiger partial charge in [0.2, 0.25) is 5.91 Å². The highest BCUT2D eigenvalue weighted by atomic mass is 16.4. The van der Waals surface area contributed by atoms with E-state index in [-0.39, 0.29) is 53.8 Å².